The summed E-state index contributed by atoms with van der Waals surface area (Å²) < 4.78 is 29.8. The van der Waals surface area contributed by atoms with Gasteiger partial charge in [-0.15, -0.1) is 0 Å². The second-order valence-electron chi connectivity index (χ2n) is 10.1. The summed E-state index contributed by atoms with van der Waals surface area (Å²) in [7, 11) is -4.14. The summed E-state index contributed by atoms with van der Waals surface area (Å²) in [5.74, 6) is -0.738. The van der Waals surface area contributed by atoms with Gasteiger partial charge in [0.1, 0.15) is 12.6 Å². The number of hydrogen-bond donors (Lipinski definition) is 1. The predicted octanol–water partition coefficient (Wildman–Crippen LogP) is 6.08. The van der Waals surface area contributed by atoms with Crippen LogP contribution in [-0.2, 0) is 26.2 Å². The van der Waals surface area contributed by atoms with E-state index in [4.69, 9.17) is 11.6 Å². The van der Waals surface area contributed by atoms with Gasteiger partial charge in [0, 0.05) is 22.1 Å². The molecule has 1 atom stereocenters. The molecule has 0 bridgehead atoms. The lowest BCUT2D eigenvalue weighted by atomic mass is 10.1. The van der Waals surface area contributed by atoms with Crippen molar-refractivity contribution in [3.05, 3.63) is 93.4 Å². The van der Waals surface area contributed by atoms with E-state index >= 15 is 0 Å². The van der Waals surface area contributed by atoms with E-state index in [9.17, 15) is 18.0 Å². The summed E-state index contributed by atoms with van der Waals surface area (Å²) in [6.45, 7) is 3.15. The van der Waals surface area contributed by atoms with Crippen LogP contribution >= 0.6 is 27.5 Å². The number of hydrogen-bond acceptors (Lipinski definition) is 4. The maximum Gasteiger partial charge on any atom is 0.264 e. The zero-order valence-electron chi connectivity index (χ0n) is 22.5. The van der Waals surface area contributed by atoms with Crippen molar-refractivity contribution in [3.8, 4) is 0 Å². The van der Waals surface area contributed by atoms with Gasteiger partial charge in [0.15, 0.2) is 0 Å². The van der Waals surface area contributed by atoms with Crippen LogP contribution in [0, 0.1) is 6.92 Å². The Balaban J connectivity index is 1.69. The molecule has 212 valence electrons. The number of rotatable bonds is 10. The Labute approximate surface area is 249 Å². The third-order valence-corrected chi connectivity index (χ3v) is 9.75. The Bertz CT molecular complexity index is 1440. The third-order valence-electron chi connectivity index (χ3n) is 7.20. The Hall–Kier alpha value is -2.88. The van der Waals surface area contributed by atoms with Gasteiger partial charge in [0.25, 0.3) is 10.0 Å². The number of sulfonamides is 1. The SMILES string of the molecule is Cc1ccccc1N(CC(=O)N(Cc1ccc(Br)cc1)[C@H](C)C(=O)NC1CCCC1)S(=O)(=O)c1ccc(Cl)cc1. The van der Waals surface area contributed by atoms with Gasteiger partial charge in [-0.05, 0) is 80.3 Å². The minimum atomic E-state index is -4.14. The minimum Gasteiger partial charge on any atom is -0.352 e. The number of para-hydroxylation sites is 1. The quantitative estimate of drug-likeness (QED) is 0.289. The molecule has 0 saturated heterocycles. The molecule has 0 aliphatic heterocycles. The van der Waals surface area contributed by atoms with E-state index in [2.05, 4.69) is 21.2 Å². The van der Waals surface area contributed by atoms with Crippen molar-refractivity contribution in [2.75, 3.05) is 10.8 Å². The van der Waals surface area contributed by atoms with E-state index in [-0.39, 0.29) is 23.4 Å². The molecule has 1 aliphatic rings. The summed E-state index contributed by atoms with van der Waals surface area (Å²) in [6, 6.07) is 19.6. The fourth-order valence-electron chi connectivity index (χ4n) is 4.85. The first-order valence-corrected chi connectivity index (χ1v) is 15.9. The minimum absolute atomic E-state index is 0.0134. The molecular formula is C30H33BrClN3O4S. The van der Waals surface area contributed by atoms with Crippen molar-refractivity contribution in [3.63, 3.8) is 0 Å². The van der Waals surface area contributed by atoms with Crippen molar-refractivity contribution in [2.45, 2.75) is 63.1 Å². The molecule has 1 fully saturated rings. The van der Waals surface area contributed by atoms with Gasteiger partial charge in [-0.1, -0.05) is 70.7 Å². The molecule has 0 aromatic heterocycles. The fraction of sp³-hybridized carbons (Fsp3) is 0.333. The molecule has 1 aliphatic carbocycles. The van der Waals surface area contributed by atoms with Crippen LogP contribution in [-0.4, -0.2) is 43.8 Å². The van der Waals surface area contributed by atoms with Gasteiger partial charge < -0.3 is 10.2 Å². The molecule has 2 amide bonds. The number of carbonyl (C=O) groups excluding carboxylic acids is 2. The summed E-state index contributed by atoms with van der Waals surface area (Å²) >= 11 is 9.44. The number of carbonyl (C=O) groups is 2. The third kappa shape index (κ3) is 7.25. The van der Waals surface area contributed by atoms with Crippen LogP contribution in [0.25, 0.3) is 0 Å². The number of benzene rings is 3. The lowest BCUT2D eigenvalue weighted by molar-refractivity contribution is -0.139. The van der Waals surface area contributed by atoms with E-state index in [1.54, 1.807) is 32.0 Å². The van der Waals surface area contributed by atoms with Crippen LogP contribution in [0.4, 0.5) is 5.69 Å². The number of halogens is 2. The second kappa shape index (κ2) is 13.2. The number of aryl methyl sites for hydroxylation is 1. The summed E-state index contributed by atoms with van der Waals surface area (Å²) in [4.78, 5) is 28.8. The zero-order chi connectivity index (χ0) is 28.9. The van der Waals surface area contributed by atoms with E-state index in [1.807, 2.05) is 30.3 Å². The highest BCUT2D eigenvalue weighted by Gasteiger charge is 2.33. The van der Waals surface area contributed by atoms with Gasteiger partial charge in [-0.25, -0.2) is 8.42 Å². The van der Waals surface area contributed by atoms with Crippen molar-refractivity contribution in [2.24, 2.45) is 0 Å². The Morgan fingerprint density at radius 1 is 1.00 bits per heavy atom. The smallest absolute Gasteiger partial charge is 0.264 e. The largest absolute Gasteiger partial charge is 0.352 e. The first-order valence-electron chi connectivity index (χ1n) is 13.2. The molecule has 4 rings (SSSR count). The van der Waals surface area contributed by atoms with Crippen LogP contribution in [0.1, 0.15) is 43.7 Å². The van der Waals surface area contributed by atoms with Crippen LogP contribution < -0.4 is 9.62 Å². The molecular weight excluding hydrogens is 614 g/mol. The van der Waals surface area contributed by atoms with Crippen LogP contribution in [0.3, 0.4) is 0 Å². The molecule has 10 heteroatoms. The number of anilines is 1. The van der Waals surface area contributed by atoms with Gasteiger partial charge in [0.05, 0.1) is 10.6 Å². The highest BCUT2D eigenvalue weighted by molar-refractivity contribution is 9.10. The normalized spacial score (nSPS) is 14.5. The van der Waals surface area contributed by atoms with E-state index in [0.29, 0.717) is 16.3 Å². The summed E-state index contributed by atoms with van der Waals surface area (Å²) in [6.07, 6.45) is 3.96. The molecule has 3 aromatic rings. The predicted molar refractivity (Wildman–Crippen MR) is 162 cm³/mol. The second-order valence-corrected chi connectivity index (χ2v) is 13.3. The molecule has 40 heavy (non-hydrogen) atoms. The van der Waals surface area contributed by atoms with Crippen LogP contribution in [0.5, 0.6) is 0 Å². The highest BCUT2D eigenvalue weighted by Crippen LogP contribution is 2.28. The maximum atomic E-state index is 14.0. The van der Waals surface area contributed by atoms with Crippen molar-refractivity contribution in [1.82, 2.24) is 10.2 Å². The van der Waals surface area contributed by atoms with E-state index < -0.39 is 28.5 Å². The highest BCUT2D eigenvalue weighted by atomic mass is 79.9. The van der Waals surface area contributed by atoms with Gasteiger partial charge in [0.2, 0.25) is 11.8 Å². The monoisotopic (exact) mass is 645 g/mol. The zero-order valence-corrected chi connectivity index (χ0v) is 25.7. The molecule has 0 heterocycles. The van der Waals surface area contributed by atoms with E-state index in [0.717, 1.165) is 40.0 Å². The number of nitrogens with zero attached hydrogens (tertiary/aromatic N) is 2. The van der Waals surface area contributed by atoms with Crippen molar-refractivity contribution < 1.29 is 18.0 Å². The van der Waals surface area contributed by atoms with Gasteiger partial charge in [-0.3, -0.25) is 13.9 Å². The molecule has 3 aromatic carbocycles. The van der Waals surface area contributed by atoms with E-state index in [1.165, 1.54) is 29.2 Å². The fourth-order valence-corrected chi connectivity index (χ4v) is 6.72. The Morgan fingerprint density at radius 2 is 1.62 bits per heavy atom. The van der Waals surface area contributed by atoms with Gasteiger partial charge in [-0.2, -0.15) is 0 Å². The average molecular weight is 647 g/mol. The molecule has 0 spiro atoms. The maximum absolute atomic E-state index is 14.0. The Kier molecular flexibility index (Phi) is 9.92. The standard InChI is InChI=1S/C30H33BrClN3O4S/c1-21-7-3-6-10-28(21)35(40(38,39)27-17-15-25(32)16-18-27)20-29(36)34(19-23-11-13-24(31)14-12-23)22(2)30(37)33-26-8-4-5-9-26/h3,6-7,10-18,22,26H,4-5,8-9,19-20H2,1-2H3,(H,33,37)/t22-/m1/s1. The molecule has 1 N–H and O–H groups in total. The first kappa shape index (κ1) is 30.1. The van der Waals surface area contributed by atoms with Crippen molar-refractivity contribution in [1.29, 1.82) is 0 Å². The summed E-state index contributed by atoms with van der Waals surface area (Å²) in [5, 5.41) is 3.48. The number of nitrogens with one attached hydrogen (secondary N) is 1. The van der Waals surface area contributed by atoms with Crippen LogP contribution in [0.2, 0.25) is 5.02 Å². The lowest BCUT2D eigenvalue weighted by Crippen LogP contribution is -2.52. The molecule has 1 saturated carbocycles. The topological polar surface area (TPSA) is 86.8 Å². The lowest BCUT2D eigenvalue weighted by Gasteiger charge is -2.33. The summed E-state index contributed by atoms with van der Waals surface area (Å²) in [5.41, 5.74) is 1.90. The first-order chi connectivity index (χ1) is 19.1. The average Bonchev–Trinajstić information content (AvgIpc) is 3.44. The Morgan fingerprint density at radius 3 is 2.25 bits per heavy atom. The van der Waals surface area contributed by atoms with Crippen LogP contribution in [0.15, 0.2) is 82.2 Å². The molecule has 0 unspecified atom stereocenters. The van der Waals surface area contributed by atoms with Crippen molar-refractivity contribution >= 4 is 55.1 Å². The number of amides is 2. The molecule has 7 nitrogen and oxygen atoms in total. The van der Waals surface area contributed by atoms with Gasteiger partial charge >= 0.3 is 0 Å². The molecule has 0 radical (unpaired) electrons.